The summed E-state index contributed by atoms with van der Waals surface area (Å²) < 4.78 is 15.0. The first kappa shape index (κ1) is 10.9. The van der Waals surface area contributed by atoms with Crippen molar-refractivity contribution in [2.75, 3.05) is 14.2 Å². The molecule has 0 aromatic rings. The summed E-state index contributed by atoms with van der Waals surface area (Å²) in [6.45, 7) is 1.73. The molecule has 78 valence electrons. The van der Waals surface area contributed by atoms with Gasteiger partial charge >= 0.3 is 0 Å². The zero-order valence-electron chi connectivity index (χ0n) is 8.01. The molecule has 1 rings (SSSR count). The van der Waals surface area contributed by atoms with Crippen LogP contribution in [0, 0.1) is 0 Å². The smallest absolute Gasteiger partial charge is 0.184 e. The predicted octanol–water partition coefficient (Wildman–Crippen LogP) is -0.886. The summed E-state index contributed by atoms with van der Waals surface area (Å²) in [5.41, 5.74) is 0. The highest BCUT2D eigenvalue weighted by Crippen LogP contribution is 2.23. The summed E-state index contributed by atoms with van der Waals surface area (Å²) in [6, 6.07) is 0. The highest BCUT2D eigenvalue weighted by Gasteiger charge is 2.43. The molecule has 1 aliphatic rings. The van der Waals surface area contributed by atoms with Crippen LogP contribution in [-0.4, -0.2) is 55.1 Å². The second kappa shape index (κ2) is 4.34. The van der Waals surface area contributed by atoms with Gasteiger partial charge in [-0.1, -0.05) is 0 Å². The molecule has 0 spiro atoms. The number of hydrogen-bond donors (Lipinski definition) is 2. The van der Waals surface area contributed by atoms with Crippen LogP contribution in [-0.2, 0) is 14.2 Å². The van der Waals surface area contributed by atoms with E-state index in [0.717, 1.165) is 0 Å². The van der Waals surface area contributed by atoms with Crippen LogP contribution in [0.3, 0.4) is 0 Å². The van der Waals surface area contributed by atoms with E-state index in [2.05, 4.69) is 0 Å². The van der Waals surface area contributed by atoms with Crippen LogP contribution in [0.1, 0.15) is 6.92 Å². The molecule has 0 aromatic carbocycles. The van der Waals surface area contributed by atoms with Gasteiger partial charge < -0.3 is 24.4 Å². The van der Waals surface area contributed by atoms with Crippen molar-refractivity contribution in [1.29, 1.82) is 0 Å². The van der Waals surface area contributed by atoms with Crippen LogP contribution in [0.2, 0.25) is 0 Å². The zero-order chi connectivity index (χ0) is 10.0. The van der Waals surface area contributed by atoms with Crippen LogP contribution < -0.4 is 0 Å². The van der Waals surface area contributed by atoms with E-state index in [1.165, 1.54) is 14.2 Å². The van der Waals surface area contributed by atoms with Gasteiger partial charge in [0.2, 0.25) is 0 Å². The van der Waals surface area contributed by atoms with Crippen molar-refractivity contribution in [3.05, 3.63) is 0 Å². The van der Waals surface area contributed by atoms with E-state index in [4.69, 9.17) is 14.2 Å². The van der Waals surface area contributed by atoms with Gasteiger partial charge in [-0.25, -0.2) is 0 Å². The third-order valence-electron chi connectivity index (χ3n) is 2.32. The standard InChI is InChI=1S/C8H16O5/c1-4-6(11-2)5(9)7(12-3)8(10)13-4/h4-10H,1-3H3/t4-,5+,6-,7+,8+/m1/s1. The molecule has 5 heteroatoms. The quantitative estimate of drug-likeness (QED) is 0.594. The van der Waals surface area contributed by atoms with Crippen molar-refractivity contribution >= 4 is 0 Å². The van der Waals surface area contributed by atoms with E-state index in [0.29, 0.717) is 0 Å². The number of ether oxygens (including phenoxy) is 3. The van der Waals surface area contributed by atoms with Gasteiger partial charge in [0.05, 0.1) is 6.10 Å². The fourth-order valence-electron chi connectivity index (χ4n) is 1.59. The maximum absolute atomic E-state index is 9.68. The van der Waals surface area contributed by atoms with Gasteiger partial charge in [0.25, 0.3) is 0 Å². The van der Waals surface area contributed by atoms with Crippen LogP contribution >= 0.6 is 0 Å². The fourth-order valence-corrected chi connectivity index (χ4v) is 1.59. The van der Waals surface area contributed by atoms with Gasteiger partial charge in [0, 0.05) is 14.2 Å². The Morgan fingerprint density at radius 3 is 2.08 bits per heavy atom. The lowest BCUT2D eigenvalue weighted by Crippen LogP contribution is -2.57. The lowest BCUT2D eigenvalue weighted by molar-refractivity contribution is -0.287. The Hall–Kier alpha value is -0.200. The Kier molecular flexibility index (Phi) is 3.63. The highest BCUT2D eigenvalue weighted by atomic mass is 16.7. The third kappa shape index (κ3) is 2.00. The van der Waals surface area contributed by atoms with Gasteiger partial charge in [-0.2, -0.15) is 0 Å². The largest absolute Gasteiger partial charge is 0.387 e. The number of aliphatic hydroxyl groups excluding tert-OH is 2. The lowest BCUT2D eigenvalue weighted by Gasteiger charge is -2.40. The summed E-state index contributed by atoms with van der Waals surface area (Å²) >= 11 is 0. The Labute approximate surface area is 77.2 Å². The van der Waals surface area contributed by atoms with E-state index in [1.807, 2.05) is 0 Å². The molecule has 1 aliphatic heterocycles. The molecule has 0 aliphatic carbocycles. The average Bonchev–Trinajstić information content (AvgIpc) is 2.04. The van der Waals surface area contributed by atoms with Crippen molar-refractivity contribution in [1.82, 2.24) is 0 Å². The predicted molar refractivity (Wildman–Crippen MR) is 44.2 cm³/mol. The summed E-state index contributed by atoms with van der Waals surface area (Å²) in [4.78, 5) is 0. The first-order valence-electron chi connectivity index (χ1n) is 4.19. The Bertz CT molecular complexity index is 147. The van der Waals surface area contributed by atoms with E-state index >= 15 is 0 Å². The number of methoxy groups -OCH3 is 2. The van der Waals surface area contributed by atoms with Crippen molar-refractivity contribution in [3.8, 4) is 0 Å². The monoisotopic (exact) mass is 192 g/mol. The number of aliphatic hydroxyl groups is 2. The Morgan fingerprint density at radius 2 is 1.62 bits per heavy atom. The number of rotatable bonds is 2. The van der Waals surface area contributed by atoms with Gasteiger partial charge in [-0.05, 0) is 6.92 Å². The van der Waals surface area contributed by atoms with Crippen molar-refractivity contribution in [2.24, 2.45) is 0 Å². The first-order chi connectivity index (χ1) is 6.11. The highest BCUT2D eigenvalue weighted by molar-refractivity contribution is 4.88. The molecule has 13 heavy (non-hydrogen) atoms. The summed E-state index contributed by atoms with van der Waals surface area (Å²) in [7, 11) is 2.89. The van der Waals surface area contributed by atoms with Gasteiger partial charge in [0.1, 0.15) is 18.3 Å². The lowest BCUT2D eigenvalue weighted by atomic mass is 10.00. The molecule has 0 radical (unpaired) electrons. The summed E-state index contributed by atoms with van der Waals surface area (Å²) in [6.07, 6.45) is -3.52. The molecule has 0 saturated carbocycles. The molecule has 0 bridgehead atoms. The SMILES string of the molecule is CO[C@H]1[C@H](O)[C@H](OC)[C@@H](O)O[C@@H]1C. The van der Waals surface area contributed by atoms with Crippen molar-refractivity contribution in [3.63, 3.8) is 0 Å². The summed E-state index contributed by atoms with van der Waals surface area (Å²) in [5, 5.41) is 19.0. The maximum Gasteiger partial charge on any atom is 0.184 e. The van der Waals surface area contributed by atoms with Crippen molar-refractivity contribution in [2.45, 2.75) is 37.6 Å². The van der Waals surface area contributed by atoms with E-state index in [9.17, 15) is 10.2 Å². The van der Waals surface area contributed by atoms with Crippen molar-refractivity contribution < 1.29 is 24.4 Å². The number of hydrogen-bond acceptors (Lipinski definition) is 5. The van der Waals surface area contributed by atoms with Crippen LogP contribution in [0.15, 0.2) is 0 Å². The molecule has 5 atom stereocenters. The minimum absolute atomic E-state index is 0.346. The second-order valence-electron chi connectivity index (χ2n) is 3.12. The maximum atomic E-state index is 9.68. The first-order valence-corrected chi connectivity index (χ1v) is 4.19. The molecule has 0 amide bonds. The molecule has 0 aromatic heterocycles. The Morgan fingerprint density at radius 1 is 1.08 bits per heavy atom. The van der Waals surface area contributed by atoms with E-state index < -0.39 is 24.6 Å². The second-order valence-corrected chi connectivity index (χ2v) is 3.12. The Balaban J connectivity index is 2.69. The van der Waals surface area contributed by atoms with E-state index in [-0.39, 0.29) is 6.10 Å². The molecule has 0 unspecified atom stereocenters. The van der Waals surface area contributed by atoms with Gasteiger partial charge in [-0.3, -0.25) is 0 Å². The minimum atomic E-state index is -1.10. The van der Waals surface area contributed by atoms with Gasteiger partial charge in [0.15, 0.2) is 6.29 Å². The normalized spacial score (nSPS) is 46.4. The third-order valence-corrected chi connectivity index (χ3v) is 2.32. The van der Waals surface area contributed by atoms with E-state index in [1.54, 1.807) is 6.92 Å². The molecule has 5 nitrogen and oxygen atoms in total. The minimum Gasteiger partial charge on any atom is -0.387 e. The topological polar surface area (TPSA) is 68.2 Å². The average molecular weight is 192 g/mol. The molecular formula is C8H16O5. The molecular weight excluding hydrogens is 176 g/mol. The molecule has 1 fully saturated rings. The fraction of sp³-hybridized carbons (Fsp3) is 1.00. The zero-order valence-corrected chi connectivity index (χ0v) is 8.01. The molecule has 2 N–H and O–H groups in total. The van der Waals surface area contributed by atoms with Crippen LogP contribution in [0.5, 0.6) is 0 Å². The molecule has 1 saturated heterocycles. The van der Waals surface area contributed by atoms with Gasteiger partial charge in [-0.15, -0.1) is 0 Å². The summed E-state index contributed by atoms with van der Waals surface area (Å²) in [5.74, 6) is 0. The van der Waals surface area contributed by atoms with Crippen LogP contribution in [0.4, 0.5) is 0 Å². The van der Waals surface area contributed by atoms with Crippen LogP contribution in [0.25, 0.3) is 0 Å². The molecule has 1 heterocycles.